The molecule has 9 heteroatoms. The fraction of sp³-hybridized carbons (Fsp3) is 0.238. The minimum Gasteiger partial charge on any atom is -0.488 e. The van der Waals surface area contributed by atoms with E-state index in [-0.39, 0.29) is 0 Å². The van der Waals surface area contributed by atoms with E-state index in [1.165, 1.54) is 11.3 Å². The van der Waals surface area contributed by atoms with Gasteiger partial charge in [-0.2, -0.15) is 0 Å². The molecular weight excluding hydrogens is 424 g/mol. The molecule has 0 atom stereocenters. The van der Waals surface area contributed by atoms with E-state index in [2.05, 4.69) is 10.0 Å². The van der Waals surface area contributed by atoms with E-state index in [9.17, 15) is 8.42 Å². The normalized spacial score (nSPS) is 13.1. The Bertz CT molecular complexity index is 1080. The zero-order chi connectivity index (χ0) is 20.8. The molecule has 0 radical (unpaired) electrons. The quantitative estimate of drug-likeness (QED) is 0.490. The largest absolute Gasteiger partial charge is 0.488 e. The van der Waals surface area contributed by atoms with Crippen LogP contribution in [0, 0.1) is 0 Å². The monoisotopic (exact) mass is 446 g/mol. The van der Waals surface area contributed by atoms with Gasteiger partial charge in [-0.25, -0.2) is 8.42 Å². The standard InChI is InChI=1S/C21H22N2O5S2/c24-30(25,20-8-3-13-29-20)23-17-5-1-4-16(14-17)15-22-9-10-26-18-6-2-7-19-21(18)28-12-11-27-19/h1-8,13-14,22-23H,9-12,15H2. The lowest BCUT2D eigenvalue weighted by molar-refractivity contribution is 0.162. The summed E-state index contributed by atoms with van der Waals surface area (Å²) in [4.78, 5) is 0. The predicted molar refractivity (Wildman–Crippen MR) is 116 cm³/mol. The molecule has 30 heavy (non-hydrogen) atoms. The van der Waals surface area contributed by atoms with Crippen LogP contribution in [0.4, 0.5) is 5.69 Å². The first-order valence-corrected chi connectivity index (χ1v) is 11.9. The number of para-hydroxylation sites is 1. The average molecular weight is 447 g/mol. The summed E-state index contributed by atoms with van der Waals surface area (Å²) >= 11 is 1.19. The Labute approximate surface area is 179 Å². The molecule has 2 N–H and O–H groups in total. The fourth-order valence-electron chi connectivity index (χ4n) is 2.99. The van der Waals surface area contributed by atoms with Gasteiger partial charge in [-0.3, -0.25) is 4.72 Å². The van der Waals surface area contributed by atoms with Gasteiger partial charge in [0.25, 0.3) is 10.0 Å². The molecule has 0 saturated carbocycles. The van der Waals surface area contributed by atoms with Crippen LogP contribution in [0.1, 0.15) is 5.56 Å². The summed E-state index contributed by atoms with van der Waals surface area (Å²) in [6.45, 7) is 2.73. The number of hydrogen-bond acceptors (Lipinski definition) is 7. The van der Waals surface area contributed by atoms with E-state index in [4.69, 9.17) is 14.2 Å². The Morgan fingerprint density at radius 1 is 1.03 bits per heavy atom. The van der Waals surface area contributed by atoms with Gasteiger partial charge in [-0.05, 0) is 41.3 Å². The van der Waals surface area contributed by atoms with Crippen LogP contribution in [0.25, 0.3) is 0 Å². The van der Waals surface area contributed by atoms with Gasteiger partial charge in [0, 0.05) is 18.8 Å². The Morgan fingerprint density at radius 3 is 2.77 bits per heavy atom. The molecular formula is C21H22N2O5S2. The zero-order valence-corrected chi connectivity index (χ0v) is 17.8. The van der Waals surface area contributed by atoms with Gasteiger partial charge >= 0.3 is 0 Å². The van der Waals surface area contributed by atoms with Crippen molar-refractivity contribution < 1.29 is 22.6 Å². The molecule has 0 unspecified atom stereocenters. The SMILES string of the molecule is O=S(=O)(Nc1cccc(CNCCOc2cccc3c2OCCO3)c1)c1cccs1. The molecule has 1 aliphatic rings. The molecule has 3 aromatic rings. The number of nitrogens with one attached hydrogen (secondary N) is 2. The van der Waals surface area contributed by atoms with E-state index in [1.54, 1.807) is 23.6 Å². The predicted octanol–water partition coefficient (Wildman–Crippen LogP) is 3.49. The van der Waals surface area contributed by atoms with Crippen LogP contribution < -0.4 is 24.2 Å². The maximum Gasteiger partial charge on any atom is 0.271 e. The summed E-state index contributed by atoms with van der Waals surface area (Å²) < 4.78 is 44.6. The Morgan fingerprint density at radius 2 is 1.90 bits per heavy atom. The zero-order valence-electron chi connectivity index (χ0n) is 16.2. The third-order valence-corrected chi connectivity index (χ3v) is 7.11. The van der Waals surface area contributed by atoms with Gasteiger partial charge in [0.05, 0.1) is 0 Å². The van der Waals surface area contributed by atoms with Crippen molar-refractivity contribution in [1.82, 2.24) is 5.32 Å². The van der Waals surface area contributed by atoms with Gasteiger partial charge in [0.15, 0.2) is 11.5 Å². The van der Waals surface area contributed by atoms with Crippen molar-refractivity contribution >= 4 is 27.0 Å². The molecule has 7 nitrogen and oxygen atoms in total. The van der Waals surface area contributed by atoms with Crippen LogP contribution in [0.3, 0.4) is 0 Å². The van der Waals surface area contributed by atoms with E-state index >= 15 is 0 Å². The van der Waals surface area contributed by atoms with E-state index in [1.807, 2.05) is 36.4 Å². The summed E-state index contributed by atoms with van der Waals surface area (Å²) in [6.07, 6.45) is 0. The van der Waals surface area contributed by atoms with E-state index in [0.717, 1.165) is 5.56 Å². The highest BCUT2D eigenvalue weighted by Crippen LogP contribution is 2.38. The van der Waals surface area contributed by atoms with Gasteiger partial charge in [0.1, 0.15) is 24.0 Å². The molecule has 4 rings (SSSR count). The number of rotatable bonds is 9. The molecule has 0 spiro atoms. The molecule has 0 fully saturated rings. The first-order chi connectivity index (χ1) is 14.6. The second kappa shape index (κ2) is 9.38. The second-order valence-corrected chi connectivity index (χ2v) is 9.40. The third-order valence-electron chi connectivity index (χ3n) is 4.33. The van der Waals surface area contributed by atoms with Crippen LogP contribution in [0.5, 0.6) is 17.2 Å². The lowest BCUT2D eigenvalue weighted by atomic mass is 10.2. The highest BCUT2D eigenvalue weighted by atomic mass is 32.2. The third kappa shape index (κ3) is 5.05. The van der Waals surface area contributed by atoms with Crippen LogP contribution in [0.2, 0.25) is 0 Å². The number of thiophene rings is 1. The Hall–Kier alpha value is -2.75. The molecule has 1 aliphatic heterocycles. The summed E-state index contributed by atoms with van der Waals surface area (Å²) in [6, 6.07) is 16.2. The summed E-state index contributed by atoms with van der Waals surface area (Å²) in [5, 5.41) is 5.03. The summed E-state index contributed by atoms with van der Waals surface area (Å²) in [5.41, 5.74) is 1.50. The van der Waals surface area contributed by atoms with Crippen LogP contribution >= 0.6 is 11.3 Å². The Balaban J connectivity index is 1.27. The van der Waals surface area contributed by atoms with Crippen molar-refractivity contribution in [1.29, 1.82) is 0 Å². The number of hydrogen-bond donors (Lipinski definition) is 2. The van der Waals surface area contributed by atoms with Gasteiger partial charge in [-0.15, -0.1) is 11.3 Å². The number of benzene rings is 2. The second-order valence-electron chi connectivity index (χ2n) is 6.54. The van der Waals surface area contributed by atoms with Crippen LogP contribution in [0.15, 0.2) is 64.2 Å². The van der Waals surface area contributed by atoms with Crippen molar-refractivity contribution in [3.05, 3.63) is 65.5 Å². The first kappa shape index (κ1) is 20.5. The van der Waals surface area contributed by atoms with Crippen LogP contribution in [-0.4, -0.2) is 34.8 Å². The summed E-state index contributed by atoms with van der Waals surface area (Å²) in [5.74, 6) is 2.02. The number of anilines is 1. The van der Waals surface area contributed by atoms with E-state index in [0.29, 0.717) is 60.1 Å². The smallest absolute Gasteiger partial charge is 0.271 e. The van der Waals surface area contributed by atoms with Gasteiger partial charge < -0.3 is 19.5 Å². The van der Waals surface area contributed by atoms with Crippen molar-refractivity contribution in [2.24, 2.45) is 0 Å². The highest BCUT2D eigenvalue weighted by molar-refractivity contribution is 7.94. The molecule has 2 heterocycles. The molecule has 158 valence electrons. The van der Waals surface area contributed by atoms with Crippen molar-refractivity contribution in [3.63, 3.8) is 0 Å². The topological polar surface area (TPSA) is 85.9 Å². The molecule has 2 aromatic carbocycles. The van der Waals surface area contributed by atoms with Crippen molar-refractivity contribution in [3.8, 4) is 17.2 Å². The van der Waals surface area contributed by atoms with Gasteiger partial charge in [0.2, 0.25) is 5.75 Å². The maximum absolute atomic E-state index is 12.4. The number of ether oxygens (including phenoxy) is 3. The minimum absolute atomic E-state index is 0.292. The molecule has 0 aliphatic carbocycles. The maximum atomic E-state index is 12.4. The van der Waals surface area contributed by atoms with E-state index < -0.39 is 10.0 Å². The minimum atomic E-state index is -3.55. The highest BCUT2D eigenvalue weighted by Gasteiger charge is 2.17. The number of fused-ring (bicyclic) bond motifs is 1. The summed E-state index contributed by atoms with van der Waals surface area (Å²) in [7, 11) is -3.55. The first-order valence-electron chi connectivity index (χ1n) is 9.49. The fourth-order valence-corrected chi connectivity index (χ4v) is 5.04. The Kier molecular flexibility index (Phi) is 6.41. The number of sulfonamides is 1. The molecule has 0 bridgehead atoms. The van der Waals surface area contributed by atoms with Crippen molar-refractivity contribution in [2.45, 2.75) is 10.8 Å². The average Bonchev–Trinajstić information content (AvgIpc) is 3.30. The molecule has 1 aromatic heterocycles. The van der Waals surface area contributed by atoms with Crippen LogP contribution in [-0.2, 0) is 16.6 Å². The van der Waals surface area contributed by atoms with Crippen molar-refractivity contribution in [2.75, 3.05) is 31.1 Å². The van der Waals surface area contributed by atoms with Gasteiger partial charge in [-0.1, -0.05) is 24.3 Å². The molecule has 0 amide bonds. The lowest BCUT2D eigenvalue weighted by Crippen LogP contribution is -2.21. The lowest BCUT2D eigenvalue weighted by Gasteiger charge is -2.20. The molecule has 0 saturated heterocycles.